The van der Waals surface area contributed by atoms with E-state index < -0.39 is 11.2 Å². The zero-order valence-electron chi connectivity index (χ0n) is 10.5. The molecule has 0 heterocycles. The van der Waals surface area contributed by atoms with Crippen LogP contribution < -0.4 is 10.2 Å². The molecule has 4 N–H and O–H groups in total. The molecule has 0 unspecified atom stereocenters. The molecule has 0 saturated heterocycles. The van der Waals surface area contributed by atoms with E-state index in [0.717, 1.165) is 0 Å². The Morgan fingerprint density at radius 2 is 2.16 bits per heavy atom. The highest BCUT2D eigenvalue weighted by Gasteiger charge is 2.16. The number of nitro groups is 1. The second-order valence-electron chi connectivity index (χ2n) is 3.97. The highest BCUT2D eigenvalue weighted by atomic mass is 16.6. The average molecular weight is 271 g/mol. The second kappa shape index (κ2) is 6.88. The molecule has 0 aliphatic rings. The summed E-state index contributed by atoms with van der Waals surface area (Å²) in [4.78, 5) is 12.1. The maximum Gasteiger partial charge on any atom is 0.294 e. The van der Waals surface area contributed by atoms with E-state index in [1.807, 2.05) is 0 Å². The first-order valence-corrected chi connectivity index (χ1v) is 5.66. The van der Waals surface area contributed by atoms with Crippen molar-refractivity contribution in [1.29, 1.82) is 0 Å². The Balaban J connectivity index is 2.97. The Hall–Kier alpha value is -1.90. The molecule has 0 atom stereocenters. The number of benzene rings is 1. The van der Waals surface area contributed by atoms with Gasteiger partial charge >= 0.3 is 0 Å². The third kappa shape index (κ3) is 4.36. The van der Waals surface area contributed by atoms with Crippen LogP contribution in [0, 0.1) is 10.1 Å². The van der Waals surface area contributed by atoms with E-state index in [0.29, 0.717) is 12.2 Å². The first-order valence-electron chi connectivity index (χ1n) is 5.66. The van der Waals surface area contributed by atoms with Gasteiger partial charge in [-0.2, -0.15) is 0 Å². The zero-order valence-corrected chi connectivity index (χ0v) is 10.5. The predicted molar refractivity (Wildman–Crippen MR) is 70.2 cm³/mol. The Bertz CT molecular complexity index is 438. The molecule has 106 valence electrons. The molecule has 0 aromatic heterocycles. The fourth-order valence-corrected chi connectivity index (χ4v) is 1.54. The van der Waals surface area contributed by atoms with Gasteiger partial charge in [0.05, 0.1) is 18.1 Å². The van der Waals surface area contributed by atoms with Crippen LogP contribution in [0.3, 0.4) is 0 Å². The van der Waals surface area contributed by atoms with Gasteiger partial charge in [-0.05, 0) is 12.1 Å². The van der Waals surface area contributed by atoms with Crippen LogP contribution in [0.5, 0.6) is 0 Å². The van der Waals surface area contributed by atoms with Crippen molar-refractivity contribution in [3.8, 4) is 0 Å². The number of nitrogens with zero attached hydrogens (tertiary/aromatic N) is 2. The quantitative estimate of drug-likeness (QED) is 0.306. The van der Waals surface area contributed by atoms with Crippen LogP contribution in [0.25, 0.3) is 0 Å². The molecule has 0 radical (unpaired) electrons. The lowest BCUT2D eigenvalue weighted by Gasteiger charge is -2.18. The van der Waals surface area contributed by atoms with Gasteiger partial charge in [0.1, 0.15) is 5.69 Å². The fraction of sp³-hybridized carbons (Fsp3) is 0.455. The summed E-state index contributed by atoms with van der Waals surface area (Å²) < 4.78 is 0. The summed E-state index contributed by atoms with van der Waals surface area (Å²) in [7, 11) is 1.71. The zero-order chi connectivity index (χ0) is 14.4. The van der Waals surface area contributed by atoms with E-state index in [9.17, 15) is 10.1 Å². The summed E-state index contributed by atoms with van der Waals surface area (Å²) in [5.74, 6) is 0. The van der Waals surface area contributed by atoms with Crippen LogP contribution in [0.15, 0.2) is 18.2 Å². The number of aliphatic hydroxyl groups is 3. The van der Waals surface area contributed by atoms with Crippen LogP contribution in [0.2, 0.25) is 0 Å². The molecule has 0 bridgehead atoms. The van der Waals surface area contributed by atoms with Crippen LogP contribution in [0.4, 0.5) is 17.1 Å². The molecule has 1 aromatic carbocycles. The molecule has 0 aliphatic carbocycles. The third-order valence-corrected chi connectivity index (χ3v) is 2.53. The van der Waals surface area contributed by atoms with Crippen LogP contribution in [0.1, 0.15) is 0 Å². The van der Waals surface area contributed by atoms with E-state index in [1.165, 1.54) is 12.1 Å². The molecule has 19 heavy (non-hydrogen) atoms. The molecule has 0 aliphatic heterocycles. The molecule has 0 amide bonds. The molecule has 0 fully saturated rings. The van der Waals surface area contributed by atoms with Crippen molar-refractivity contribution in [1.82, 2.24) is 0 Å². The largest absolute Gasteiger partial charge is 0.395 e. The number of likely N-dealkylation sites (N-methyl/N-ethyl adjacent to an activating group) is 1. The van der Waals surface area contributed by atoms with Gasteiger partial charge in [-0.15, -0.1) is 0 Å². The average Bonchev–Trinajstić information content (AvgIpc) is 2.36. The number of hydrogen-bond acceptors (Lipinski definition) is 7. The minimum atomic E-state index is -1.59. The molecule has 1 aromatic rings. The number of hydrogen-bond donors (Lipinski definition) is 4. The van der Waals surface area contributed by atoms with E-state index in [2.05, 4.69) is 5.32 Å². The number of nitro benzene ring substituents is 1. The molecule has 8 nitrogen and oxygen atoms in total. The van der Waals surface area contributed by atoms with E-state index >= 15 is 0 Å². The lowest BCUT2D eigenvalue weighted by atomic mass is 10.2. The summed E-state index contributed by atoms with van der Waals surface area (Å²) in [5.41, 5.74) is 0.637. The Morgan fingerprint density at radius 3 is 2.68 bits per heavy atom. The summed E-state index contributed by atoms with van der Waals surface area (Å²) in [5, 5.41) is 39.9. The third-order valence-electron chi connectivity index (χ3n) is 2.53. The number of anilines is 2. The Labute approximate surface area is 110 Å². The number of aliphatic hydroxyl groups excluding tert-OH is 2. The smallest absolute Gasteiger partial charge is 0.294 e. The Kier molecular flexibility index (Phi) is 5.49. The maximum atomic E-state index is 11.0. The second-order valence-corrected chi connectivity index (χ2v) is 3.97. The van der Waals surface area contributed by atoms with Gasteiger partial charge in [0.15, 0.2) is 6.29 Å². The molecule has 0 spiro atoms. The minimum absolute atomic E-state index is 0.0546. The van der Waals surface area contributed by atoms with Gasteiger partial charge in [0.2, 0.25) is 0 Å². The highest BCUT2D eigenvalue weighted by Crippen LogP contribution is 2.29. The summed E-state index contributed by atoms with van der Waals surface area (Å²) in [6, 6.07) is 4.50. The SMILES string of the molecule is CN(CCO)c1ccc(NCC(O)O)c([N+](=O)[O-])c1. The van der Waals surface area contributed by atoms with Gasteiger partial charge in [-0.25, -0.2) is 0 Å². The number of rotatable bonds is 7. The van der Waals surface area contributed by atoms with Crippen LogP contribution in [-0.4, -0.2) is 53.3 Å². The maximum absolute atomic E-state index is 11.0. The van der Waals surface area contributed by atoms with Gasteiger partial charge in [-0.1, -0.05) is 0 Å². The molecule has 1 rings (SSSR count). The van der Waals surface area contributed by atoms with Crippen molar-refractivity contribution in [2.45, 2.75) is 6.29 Å². The summed E-state index contributed by atoms with van der Waals surface area (Å²) in [6.45, 7) is 0.104. The molecule has 8 heteroatoms. The van der Waals surface area contributed by atoms with E-state index in [-0.39, 0.29) is 24.5 Å². The standard InChI is InChI=1S/C11H17N3O5/c1-13(4-5-15)8-2-3-9(12-7-11(16)17)10(6-8)14(18)19/h2-3,6,11-12,15-17H,4-5,7H2,1H3. The van der Waals surface area contributed by atoms with E-state index in [1.54, 1.807) is 18.0 Å². The molecule has 0 saturated carbocycles. The topological polar surface area (TPSA) is 119 Å². The van der Waals surface area contributed by atoms with Gasteiger partial charge in [0, 0.05) is 25.3 Å². The first kappa shape index (κ1) is 15.2. The van der Waals surface area contributed by atoms with Crippen molar-refractivity contribution >= 4 is 17.1 Å². The lowest BCUT2D eigenvalue weighted by molar-refractivity contribution is -0.383. The minimum Gasteiger partial charge on any atom is -0.395 e. The molecular weight excluding hydrogens is 254 g/mol. The molecular formula is C11H17N3O5. The van der Waals surface area contributed by atoms with Gasteiger partial charge in [0.25, 0.3) is 5.69 Å². The van der Waals surface area contributed by atoms with Crippen LogP contribution >= 0.6 is 0 Å². The normalized spacial score (nSPS) is 10.6. The fourth-order valence-electron chi connectivity index (χ4n) is 1.54. The van der Waals surface area contributed by atoms with Gasteiger partial charge < -0.3 is 25.5 Å². The summed E-state index contributed by atoms with van der Waals surface area (Å²) in [6.07, 6.45) is -1.59. The van der Waals surface area contributed by atoms with Crippen molar-refractivity contribution in [3.63, 3.8) is 0 Å². The van der Waals surface area contributed by atoms with Crippen molar-refractivity contribution in [2.75, 3.05) is 37.0 Å². The first-order chi connectivity index (χ1) is 8.95. The predicted octanol–water partition coefficient (Wildman–Crippen LogP) is -0.254. The van der Waals surface area contributed by atoms with Crippen molar-refractivity contribution < 1.29 is 20.2 Å². The number of nitrogens with one attached hydrogen (secondary N) is 1. The monoisotopic (exact) mass is 271 g/mol. The highest BCUT2D eigenvalue weighted by molar-refractivity contribution is 5.68. The van der Waals surface area contributed by atoms with Crippen molar-refractivity contribution in [2.24, 2.45) is 0 Å². The van der Waals surface area contributed by atoms with Crippen molar-refractivity contribution in [3.05, 3.63) is 28.3 Å². The van der Waals surface area contributed by atoms with Gasteiger partial charge in [-0.3, -0.25) is 10.1 Å². The van der Waals surface area contributed by atoms with Crippen LogP contribution in [-0.2, 0) is 0 Å². The Morgan fingerprint density at radius 1 is 1.47 bits per heavy atom. The lowest BCUT2D eigenvalue weighted by Crippen LogP contribution is -2.22. The summed E-state index contributed by atoms with van der Waals surface area (Å²) >= 11 is 0. The van der Waals surface area contributed by atoms with E-state index in [4.69, 9.17) is 15.3 Å².